The molecule has 1 saturated carbocycles. The van der Waals surface area contributed by atoms with Crippen LogP contribution in [0, 0.1) is 34.8 Å². The van der Waals surface area contributed by atoms with Crippen molar-refractivity contribution < 1.29 is 28.0 Å². The molecule has 10 heteroatoms. The SMILES string of the molecule is CC1(C)[C@@H]2[C@@H](C(=O)N[C@H](C=O)C[C@@H]3CCNC3=O)N(C(=O)c3cc4c(F)ccc(F)c4[nH]3)C[C@@H]21. The quantitative estimate of drug-likeness (QED) is 0.556. The van der Waals surface area contributed by atoms with E-state index in [1.165, 1.54) is 11.0 Å². The number of carbonyl (C=O) groups excluding carboxylic acids is 4. The molecule has 2 aromatic rings. The van der Waals surface area contributed by atoms with Gasteiger partial charge < -0.3 is 25.3 Å². The summed E-state index contributed by atoms with van der Waals surface area (Å²) in [6.45, 7) is 4.92. The normalized spacial score (nSPS) is 27.9. The van der Waals surface area contributed by atoms with Gasteiger partial charge in [0.05, 0.1) is 11.6 Å². The smallest absolute Gasteiger partial charge is 0.271 e. The highest BCUT2D eigenvalue weighted by molar-refractivity contribution is 6.01. The van der Waals surface area contributed by atoms with Crippen LogP contribution in [0.3, 0.4) is 0 Å². The molecule has 3 heterocycles. The molecule has 8 nitrogen and oxygen atoms in total. The minimum Gasteiger partial charge on any atom is -0.356 e. The van der Waals surface area contributed by atoms with Crippen LogP contribution in [0.25, 0.3) is 10.9 Å². The Morgan fingerprint density at radius 1 is 1.29 bits per heavy atom. The van der Waals surface area contributed by atoms with E-state index in [4.69, 9.17) is 0 Å². The molecule has 3 fully saturated rings. The Morgan fingerprint density at radius 3 is 2.68 bits per heavy atom. The molecule has 3 amide bonds. The lowest BCUT2D eigenvalue weighted by molar-refractivity contribution is -0.129. The Bertz CT molecular complexity index is 1170. The summed E-state index contributed by atoms with van der Waals surface area (Å²) in [5, 5.41) is 5.40. The van der Waals surface area contributed by atoms with Crippen LogP contribution < -0.4 is 10.6 Å². The van der Waals surface area contributed by atoms with Crippen LogP contribution in [0.1, 0.15) is 37.2 Å². The Labute approximate surface area is 194 Å². The number of piperidine rings is 1. The molecule has 3 N–H and O–H groups in total. The summed E-state index contributed by atoms with van der Waals surface area (Å²) in [4.78, 5) is 54.3. The molecule has 2 saturated heterocycles. The van der Waals surface area contributed by atoms with Gasteiger partial charge in [0, 0.05) is 24.4 Å². The molecule has 2 aliphatic heterocycles. The van der Waals surface area contributed by atoms with Crippen molar-refractivity contribution in [3.8, 4) is 0 Å². The Hall–Kier alpha value is -3.30. The Balaban J connectivity index is 1.38. The zero-order valence-corrected chi connectivity index (χ0v) is 18.9. The van der Waals surface area contributed by atoms with E-state index in [1.807, 2.05) is 13.8 Å². The number of fused-ring (bicyclic) bond motifs is 2. The third kappa shape index (κ3) is 3.47. The third-order valence-corrected chi connectivity index (χ3v) is 7.85. The Morgan fingerprint density at radius 2 is 2.03 bits per heavy atom. The molecular formula is C24H26F2N4O4. The highest BCUT2D eigenvalue weighted by Gasteiger charge is 2.69. The minimum absolute atomic E-state index is 0.00882. The van der Waals surface area contributed by atoms with Crippen molar-refractivity contribution >= 4 is 34.9 Å². The van der Waals surface area contributed by atoms with Crippen molar-refractivity contribution in [3.63, 3.8) is 0 Å². The second kappa shape index (κ2) is 7.89. The van der Waals surface area contributed by atoms with Gasteiger partial charge in [0.15, 0.2) is 0 Å². The Kier molecular flexibility index (Phi) is 5.22. The van der Waals surface area contributed by atoms with Gasteiger partial charge in [-0.25, -0.2) is 8.78 Å². The van der Waals surface area contributed by atoms with E-state index < -0.39 is 35.5 Å². The molecule has 3 aliphatic rings. The lowest BCUT2D eigenvalue weighted by Crippen LogP contribution is -2.52. The largest absolute Gasteiger partial charge is 0.356 e. The van der Waals surface area contributed by atoms with Crippen LogP contribution in [0.5, 0.6) is 0 Å². The van der Waals surface area contributed by atoms with Gasteiger partial charge in [-0.3, -0.25) is 14.4 Å². The van der Waals surface area contributed by atoms with Gasteiger partial charge in [-0.1, -0.05) is 13.8 Å². The summed E-state index contributed by atoms with van der Waals surface area (Å²) in [6, 6.07) is 1.56. The van der Waals surface area contributed by atoms with E-state index in [2.05, 4.69) is 15.6 Å². The maximum atomic E-state index is 14.1. The number of hydrogen-bond donors (Lipinski definition) is 3. The molecule has 0 bridgehead atoms. The average molecular weight is 472 g/mol. The van der Waals surface area contributed by atoms with Gasteiger partial charge in [0.2, 0.25) is 11.8 Å². The first-order chi connectivity index (χ1) is 16.1. The highest BCUT2D eigenvalue weighted by Crippen LogP contribution is 2.65. The van der Waals surface area contributed by atoms with Crippen molar-refractivity contribution in [3.05, 3.63) is 35.5 Å². The summed E-state index contributed by atoms with van der Waals surface area (Å²) in [5.74, 6) is -2.82. The first-order valence-electron chi connectivity index (χ1n) is 11.4. The summed E-state index contributed by atoms with van der Waals surface area (Å²) in [6.07, 6.45) is 1.40. The maximum Gasteiger partial charge on any atom is 0.271 e. The van der Waals surface area contributed by atoms with Gasteiger partial charge in [0.25, 0.3) is 5.91 Å². The second-order valence-electron chi connectivity index (χ2n) is 10.1. The molecule has 180 valence electrons. The topological polar surface area (TPSA) is 111 Å². The monoisotopic (exact) mass is 472 g/mol. The number of nitrogens with zero attached hydrogens (tertiary/aromatic N) is 1. The van der Waals surface area contributed by atoms with Crippen molar-refractivity contribution in [2.24, 2.45) is 23.2 Å². The van der Waals surface area contributed by atoms with Gasteiger partial charge in [-0.05, 0) is 48.3 Å². The fourth-order valence-corrected chi connectivity index (χ4v) is 5.81. The molecule has 5 atom stereocenters. The molecule has 0 unspecified atom stereocenters. The molecule has 34 heavy (non-hydrogen) atoms. The third-order valence-electron chi connectivity index (χ3n) is 7.85. The predicted molar refractivity (Wildman–Crippen MR) is 118 cm³/mol. The lowest BCUT2D eigenvalue weighted by atomic mass is 9.97. The number of carbonyl (C=O) groups is 4. The average Bonchev–Trinajstić information content (AvgIpc) is 3.32. The fraction of sp³-hybridized carbons (Fsp3) is 0.500. The summed E-state index contributed by atoms with van der Waals surface area (Å²) >= 11 is 0. The van der Waals surface area contributed by atoms with Crippen LogP contribution in [0.15, 0.2) is 18.2 Å². The van der Waals surface area contributed by atoms with Crippen molar-refractivity contribution in [1.29, 1.82) is 0 Å². The number of aldehydes is 1. The lowest BCUT2D eigenvalue weighted by Gasteiger charge is -2.30. The number of hydrogen-bond acceptors (Lipinski definition) is 4. The molecule has 1 aromatic heterocycles. The minimum atomic E-state index is -0.851. The number of likely N-dealkylation sites (tertiary alicyclic amines) is 1. The van der Waals surface area contributed by atoms with Gasteiger partial charge in [0.1, 0.15) is 29.7 Å². The van der Waals surface area contributed by atoms with E-state index in [0.29, 0.717) is 25.8 Å². The van der Waals surface area contributed by atoms with Crippen LogP contribution >= 0.6 is 0 Å². The molecular weight excluding hydrogens is 446 g/mol. The zero-order valence-electron chi connectivity index (χ0n) is 18.9. The van der Waals surface area contributed by atoms with E-state index in [0.717, 1.165) is 12.1 Å². The summed E-state index contributed by atoms with van der Waals surface area (Å²) in [5.41, 5.74) is -0.269. The molecule has 0 radical (unpaired) electrons. The molecule has 5 rings (SSSR count). The van der Waals surface area contributed by atoms with Crippen molar-refractivity contribution in [2.75, 3.05) is 13.1 Å². The number of halogens is 2. The van der Waals surface area contributed by atoms with Gasteiger partial charge in [-0.2, -0.15) is 0 Å². The standard InChI is InChI=1S/C24H26F2N4O4/c1-24(2)14-9-30(23(34)17-8-13-15(25)3-4-16(26)19(13)29-17)20(18(14)24)22(33)28-12(10-31)7-11-5-6-27-21(11)32/h3-4,8,10-12,14,18,20,29H,5-7,9H2,1-2H3,(H,27,32)(H,28,33)/t11-,12-,14-,18-,20-/m0/s1. The first kappa shape index (κ1) is 22.5. The van der Waals surface area contributed by atoms with Gasteiger partial charge >= 0.3 is 0 Å². The number of amides is 3. The number of aromatic nitrogens is 1. The van der Waals surface area contributed by atoms with Crippen LogP contribution in [0.4, 0.5) is 8.78 Å². The van der Waals surface area contributed by atoms with E-state index in [1.54, 1.807) is 0 Å². The summed E-state index contributed by atoms with van der Waals surface area (Å²) in [7, 11) is 0. The van der Waals surface area contributed by atoms with Crippen molar-refractivity contribution in [2.45, 2.75) is 38.8 Å². The zero-order chi connectivity index (χ0) is 24.4. The molecule has 1 aromatic carbocycles. The molecule has 1 aliphatic carbocycles. The van der Waals surface area contributed by atoms with Crippen LogP contribution in [-0.4, -0.2) is 59.1 Å². The van der Waals surface area contributed by atoms with E-state index in [9.17, 15) is 28.0 Å². The second-order valence-corrected chi connectivity index (χ2v) is 10.1. The predicted octanol–water partition coefficient (Wildman–Crippen LogP) is 1.75. The molecule has 0 spiro atoms. The number of rotatable bonds is 6. The summed E-state index contributed by atoms with van der Waals surface area (Å²) < 4.78 is 28.3. The first-order valence-corrected chi connectivity index (χ1v) is 11.4. The van der Waals surface area contributed by atoms with Crippen LogP contribution in [-0.2, 0) is 14.4 Å². The number of nitrogens with one attached hydrogen (secondary N) is 3. The number of aromatic amines is 1. The number of H-pyrrole nitrogens is 1. The van der Waals surface area contributed by atoms with Crippen LogP contribution in [0.2, 0.25) is 0 Å². The van der Waals surface area contributed by atoms with E-state index >= 15 is 0 Å². The van der Waals surface area contributed by atoms with Gasteiger partial charge in [-0.15, -0.1) is 0 Å². The van der Waals surface area contributed by atoms with Crippen molar-refractivity contribution in [1.82, 2.24) is 20.5 Å². The van der Waals surface area contributed by atoms with E-state index in [-0.39, 0.29) is 52.1 Å². The highest BCUT2D eigenvalue weighted by atomic mass is 19.1. The number of benzene rings is 1. The maximum absolute atomic E-state index is 14.1. The fourth-order valence-electron chi connectivity index (χ4n) is 5.81.